The maximum atomic E-state index is 11.8. The van der Waals surface area contributed by atoms with E-state index in [1.807, 2.05) is 0 Å². The fraction of sp³-hybridized carbons (Fsp3) is 0.767. The fourth-order valence-electron chi connectivity index (χ4n) is 5.90. The molecule has 0 spiro atoms. The van der Waals surface area contributed by atoms with E-state index in [0.29, 0.717) is 13.0 Å². The lowest BCUT2D eigenvalue weighted by atomic mass is 9.98. The average Bonchev–Trinajstić information content (AvgIpc) is 3.09. The minimum absolute atomic E-state index is 0.109. The quantitative estimate of drug-likeness (QED) is 0.0171. The Morgan fingerprint density at radius 2 is 1.02 bits per heavy atom. The first-order valence-corrected chi connectivity index (χ1v) is 20.5. The van der Waals surface area contributed by atoms with Gasteiger partial charge in [0.05, 0.1) is 18.2 Å². The van der Waals surface area contributed by atoms with Crippen molar-refractivity contribution in [2.24, 2.45) is 11.5 Å². The first-order valence-electron chi connectivity index (χ1n) is 20.5. The highest BCUT2D eigenvalue weighted by atomic mass is 16.5. The van der Waals surface area contributed by atoms with Gasteiger partial charge in [-0.2, -0.15) is 0 Å². The van der Waals surface area contributed by atoms with Crippen LogP contribution in [0.3, 0.4) is 0 Å². The van der Waals surface area contributed by atoms with Gasteiger partial charge in [-0.25, -0.2) is 0 Å². The fourth-order valence-corrected chi connectivity index (χ4v) is 5.90. The van der Waals surface area contributed by atoms with E-state index in [2.05, 4.69) is 67.8 Å². The van der Waals surface area contributed by atoms with Gasteiger partial charge in [-0.05, 0) is 83.5 Å². The molecule has 0 aliphatic carbocycles. The molecular formula is C43H80N4O2. The number of nitrogens with one attached hydrogen (secondary N) is 2. The maximum Gasteiger partial charge on any atom is 0.185 e. The van der Waals surface area contributed by atoms with Crippen molar-refractivity contribution in [2.45, 2.75) is 199 Å². The molecule has 0 aliphatic heterocycles. The molecule has 0 heterocycles. The van der Waals surface area contributed by atoms with Crippen LogP contribution in [0.25, 0.3) is 0 Å². The molecule has 6 nitrogen and oxygen atoms in total. The summed E-state index contributed by atoms with van der Waals surface area (Å²) in [5.74, 6) is -0.109. The van der Waals surface area contributed by atoms with E-state index < -0.39 is 5.54 Å². The first kappa shape index (κ1) is 46.8. The summed E-state index contributed by atoms with van der Waals surface area (Å²) in [4.78, 5) is 11.8. The Morgan fingerprint density at radius 3 is 1.41 bits per heavy atom. The second kappa shape index (κ2) is 37.1. The predicted molar refractivity (Wildman–Crippen MR) is 215 cm³/mol. The molecule has 6 N–H and O–H groups in total. The highest BCUT2D eigenvalue weighted by molar-refractivity contribution is 5.74. The van der Waals surface area contributed by atoms with E-state index in [-0.39, 0.29) is 18.7 Å². The maximum absolute atomic E-state index is 11.8. The van der Waals surface area contributed by atoms with Crippen molar-refractivity contribution >= 4 is 12.2 Å². The molecular weight excluding hydrogens is 604 g/mol. The second-order valence-electron chi connectivity index (χ2n) is 14.1. The third kappa shape index (κ3) is 35.4. The highest BCUT2D eigenvalue weighted by Crippen LogP contribution is 2.19. The number of allylic oxidation sites excluding steroid dienone is 8. The van der Waals surface area contributed by atoms with Gasteiger partial charge >= 0.3 is 0 Å². The summed E-state index contributed by atoms with van der Waals surface area (Å²) in [6, 6.07) is 0. The number of hydrogen-bond donors (Lipinski definition) is 4. The van der Waals surface area contributed by atoms with E-state index in [1.54, 1.807) is 0 Å². The molecule has 0 amide bonds. The number of rotatable bonds is 37. The lowest BCUT2D eigenvalue weighted by Gasteiger charge is -2.27. The first-order chi connectivity index (χ1) is 24.0. The summed E-state index contributed by atoms with van der Waals surface area (Å²) in [5, 5.41) is 10.1. The van der Waals surface area contributed by atoms with Gasteiger partial charge in [0.2, 0.25) is 0 Å². The van der Waals surface area contributed by atoms with Crippen LogP contribution in [0.15, 0.2) is 48.6 Å². The molecule has 0 aromatic heterocycles. The van der Waals surface area contributed by atoms with E-state index in [9.17, 15) is 4.79 Å². The normalized spacial score (nSPS) is 13.5. The van der Waals surface area contributed by atoms with Crippen molar-refractivity contribution in [3.05, 3.63) is 48.6 Å². The molecule has 1 atom stereocenters. The Morgan fingerprint density at radius 1 is 0.633 bits per heavy atom. The molecule has 0 rings (SSSR count). The number of ether oxygens (including phenoxy) is 1. The van der Waals surface area contributed by atoms with Gasteiger partial charge in [0.25, 0.3) is 0 Å². The van der Waals surface area contributed by atoms with E-state index in [0.717, 1.165) is 44.8 Å². The van der Waals surface area contributed by atoms with Gasteiger partial charge in [0, 0.05) is 6.54 Å². The summed E-state index contributed by atoms with van der Waals surface area (Å²) in [5.41, 5.74) is 10.7. The summed E-state index contributed by atoms with van der Waals surface area (Å²) >= 11 is 0. The molecule has 0 aromatic carbocycles. The van der Waals surface area contributed by atoms with Crippen LogP contribution in [-0.4, -0.2) is 37.0 Å². The van der Waals surface area contributed by atoms with Crippen LogP contribution in [0, 0.1) is 5.41 Å². The number of nitrogens with two attached hydrogens (primary N) is 2. The van der Waals surface area contributed by atoms with Crippen molar-refractivity contribution in [1.29, 1.82) is 5.41 Å². The average molecular weight is 685 g/mol. The van der Waals surface area contributed by atoms with Crippen molar-refractivity contribution < 1.29 is 9.53 Å². The van der Waals surface area contributed by atoms with Crippen molar-refractivity contribution in [1.82, 2.24) is 5.32 Å². The molecule has 284 valence electrons. The topological polar surface area (TPSA) is 114 Å². The SMILES string of the molecule is CCCCC/C=C\C/C=C\CCCCCCCCC(CCCCCCCC/C=C\C/C=C\CCCCC)OC[C@](N)(C=O)CCNC(=N)N. The molecule has 0 saturated heterocycles. The van der Waals surface area contributed by atoms with Crippen LogP contribution in [0.5, 0.6) is 0 Å². The van der Waals surface area contributed by atoms with Crippen molar-refractivity contribution in [2.75, 3.05) is 13.2 Å². The Bertz CT molecular complexity index is 805. The zero-order valence-corrected chi connectivity index (χ0v) is 32.3. The minimum Gasteiger partial charge on any atom is -0.376 e. The summed E-state index contributed by atoms with van der Waals surface area (Å²) in [6.45, 7) is 5.10. The van der Waals surface area contributed by atoms with Gasteiger partial charge in [0.15, 0.2) is 5.96 Å². The summed E-state index contributed by atoms with van der Waals surface area (Å²) in [7, 11) is 0. The van der Waals surface area contributed by atoms with Crippen LogP contribution in [0.2, 0.25) is 0 Å². The summed E-state index contributed by atoms with van der Waals surface area (Å²) < 4.78 is 6.31. The van der Waals surface area contributed by atoms with Crippen LogP contribution in [0.4, 0.5) is 0 Å². The standard InChI is InChI=1S/C43H80N4O2/c1-3-5-7-9-11-13-15-17-19-21-23-25-27-29-31-33-35-41(49-40-43(46,39-48)37-38-47-42(44)45)36-34-32-30-28-26-24-22-20-18-16-14-12-10-8-6-4-2/h11-14,17-20,39,41H,3-10,15-16,21-38,40,46H2,1-2H3,(H4,44,45,47)/b13-11-,14-12-,19-17-,20-18-/t43-/m1/s1. The molecule has 0 fully saturated rings. The molecule has 0 unspecified atom stereocenters. The Labute approximate surface area is 303 Å². The number of carbonyl (C=O) groups excluding carboxylic acids is 1. The number of guanidine groups is 1. The number of aldehydes is 1. The number of hydrogen-bond acceptors (Lipinski definition) is 4. The predicted octanol–water partition coefficient (Wildman–Crippen LogP) is 11.5. The Kier molecular flexibility index (Phi) is 35.4. The molecule has 0 saturated carbocycles. The van der Waals surface area contributed by atoms with Gasteiger partial charge in [-0.1, -0.05) is 152 Å². The molecule has 0 aliphatic rings. The molecule has 0 aromatic rings. The van der Waals surface area contributed by atoms with E-state index in [4.69, 9.17) is 21.6 Å². The molecule has 6 heteroatoms. The zero-order valence-electron chi connectivity index (χ0n) is 32.3. The van der Waals surface area contributed by atoms with Gasteiger partial charge in [0.1, 0.15) is 6.29 Å². The van der Waals surface area contributed by atoms with Crippen LogP contribution < -0.4 is 16.8 Å². The lowest BCUT2D eigenvalue weighted by molar-refractivity contribution is -0.115. The highest BCUT2D eigenvalue weighted by Gasteiger charge is 2.26. The third-order valence-corrected chi connectivity index (χ3v) is 9.18. The van der Waals surface area contributed by atoms with E-state index >= 15 is 0 Å². The van der Waals surface area contributed by atoms with Gasteiger partial charge in [-0.3, -0.25) is 5.41 Å². The van der Waals surface area contributed by atoms with Crippen molar-refractivity contribution in [3.63, 3.8) is 0 Å². The third-order valence-electron chi connectivity index (χ3n) is 9.18. The molecule has 49 heavy (non-hydrogen) atoms. The van der Waals surface area contributed by atoms with Crippen LogP contribution in [0.1, 0.15) is 187 Å². The van der Waals surface area contributed by atoms with Gasteiger partial charge < -0.3 is 26.3 Å². The largest absolute Gasteiger partial charge is 0.376 e. The van der Waals surface area contributed by atoms with E-state index in [1.165, 1.54) is 128 Å². The lowest BCUT2D eigenvalue weighted by Crippen LogP contribution is -2.49. The minimum atomic E-state index is -1.06. The van der Waals surface area contributed by atoms with Crippen LogP contribution >= 0.6 is 0 Å². The second-order valence-corrected chi connectivity index (χ2v) is 14.1. The zero-order chi connectivity index (χ0) is 35.9. The molecule has 0 radical (unpaired) electrons. The monoisotopic (exact) mass is 685 g/mol. The van der Waals surface area contributed by atoms with Crippen LogP contribution in [-0.2, 0) is 9.53 Å². The number of carbonyl (C=O) groups is 1. The number of unbranched alkanes of at least 4 members (excludes halogenated alkanes) is 18. The Balaban J connectivity index is 4.27. The van der Waals surface area contributed by atoms with Gasteiger partial charge in [-0.15, -0.1) is 0 Å². The summed E-state index contributed by atoms with van der Waals surface area (Å²) in [6.07, 6.45) is 51.8. The smallest absolute Gasteiger partial charge is 0.185 e. The Hall–Kier alpha value is -2.18. The molecule has 0 bridgehead atoms. The van der Waals surface area contributed by atoms with Crippen molar-refractivity contribution in [3.8, 4) is 0 Å².